The third kappa shape index (κ3) is 7.12. The Morgan fingerprint density at radius 3 is 2.17 bits per heavy atom. The van der Waals surface area contributed by atoms with E-state index in [4.69, 9.17) is 4.52 Å². The van der Waals surface area contributed by atoms with Gasteiger partial charge in [-0.15, -0.1) is 11.3 Å². The van der Waals surface area contributed by atoms with E-state index in [0.29, 0.717) is 0 Å². The lowest BCUT2D eigenvalue weighted by molar-refractivity contribution is 0.435. The van der Waals surface area contributed by atoms with E-state index < -0.39 is 0 Å². The second-order valence-electron chi connectivity index (χ2n) is 8.37. The molecular formula is C27H37NOS. The first kappa shape index (κ1) is 22.8. The summed E-state index contributed by atoms with van der Waals surface area (Å²) in [7, 11) is 0. The average Bonchev–Trinajstić information content (AvgIpc) is 3.44. The van der Waals surface area contributed by atoms with Gasteiger partial charge in [0.1, 0.15) is 5.69 Å². The quantitative estimate of drug-likeness (QED) is 0.242. The fourth-order valence-corrected chi connectivity index (χ4v) is 4.83. The molecule has 2 nitrogen and oxygen atoms in total. The molecule has 0 aliphatic rings. The Hall–Kier alpha value is -1.87. The van der Waals surface area contributed by atoms with Crippen LogP contribution in [0.15, 0.2) is 47.0 Å². The molecule has 2 heterocycles. The molecule has 0 atom stereocenters. The number of aromatic nitrogens is 1. The van der Waals surface area contributed by atoms with Gasteiger partial charge in [0.05, 0.1) is 4.88 Å². The first-order valence-corrected chi connectivity index (χ1v) is 12.8. The van der Waals surface area contributed by atoms with Gasteiger partial charge in [-0.25, -0.2) is 0 Å². The van der Waals surface area contributed by atoms with E-state index in [1.54, 1.807) is 0 Å². The number of thiophene rings is 1. The first-order valence-electron chi connectivity index (χ1n) is 11.9. The van der Waals surface area contributed by atoms with Crippen molar-refractivity contribution < 1.29 is 4.52 Å². The van der Waals surface area contributed by atoms with Crippen molar-refractivity contribution in [2.75, 3.05) is 0 Å². The van der Waals surface area contributed by atoms with E-state index in [1.807, 2.05) is 11.3 Å². The Morgan fingerprint density at radius 2 is 1.43 bits per heavy atom. The lowest BCUT2D eigenvalue weighted by Crippen LogP contribution is -1.87. The van der Waals surface area contributed by atoms with E-state index in [1.165, 1.54) is 85.9 Å². The highest BCUT2D eigenvalue weighted by Crippen LogP contribution is 2.31. The van der Waals surface area contributed by atoms with Crippen LogP contribution in [-0.4, -0.2) is 5.16 Å². The molecule has 0 bridgehead atoms. The van der Waals surface area contributed by atoms with Gasteiger partial charge in [-0.05, 0) is 43.4 Å². The predicted octanol–water partition coefficient (Wildman–Crippen LogP) is 9.10. The van der Waals surface area contributed by atoms with Crippen LogP contribution in [0.3, 0.4) is 0 Å². The Morgan fingerprint density at radius 1 is 0.733 bits per heavy atom. The summed E-state index contributed by atoms with van der Waals surface area (Å²) in [6.07, 6.45) is 15.8. The standard InChI is InChI=1S/C27H37NOS/c1-3-5-7-8-9-10-11-12-13-22-15-17-23(18-16-22)26-21-25(28-29-26)27-20-19-24(30-27)14-6-4-2/h15-21H,3-14H2,1-2H3. The van der Waals surface area contributed by atoms with Crippen LogP contribution in [0.5, 0.6) is 0 Å². The van der Waals surface area contributed by atoms with Crippen molar-refractivity contribution in [2.24, 2.45) is 0 Å². The third-order valence-electron chi connectivity index (χ3n) is 5.76. The summed E-state index contributed by atoms with van der Waals surface area (Å²) in [5.74, 6) is 0.854. The van der Waals surface area contributed by atoms with Crippen molar-refractivity contribution in [3.63, 3.8) is 0 Å². The molecule has 162 valence electrons. The maximum atomic E-state index is 5.65. The predicted molar refractivity (Wildman–Crippen MR) is 130 cm³/mol. The topological polar surface area (TPSA) is 26.0 Å². The van der Waals surface area contributed by atoms with Gasteiger partial charge in [-0.1, -0.05) is 94.6 Å². The zero-order chi connectivity index (χ0) is 21.0. The summed E-state index contributed by atoms with van der Waals surface area (Å²) >= 11 is 1.83. The van der Waals surface area contributed by atoms with Gasteiger partial charge in [0.15, 0.2) is 5.76 Å². The number of rotatable bonds is 14. The second kappa shape index (κ2) is 12.7. The molecule has 3 heteroatoms. The first-order chi connectivity index (χ1) is 14.8. The molecule has 0 saturated carbocycles. The SMILES string of the molecule is CCCCCCCCCCc1ccc(-c2cc(-c3ccc(CCCC)s3)no2)cc1. The molecule has 0 radical (unpaired) electrons. The number of hydrogen-bond acceptors (Lipinski definition) is 3. The Bertz CT molecular complexity index is 846. The largest absolute Gasteiger partial charge is 0.356 e. The van der Waals surface area contributed by atoms with E-state index in [2.05, 4.69) is 61.5 Å². The maximum Gasteiger partial charge on any atom is 0.167 e. The summed E-state index contributed by atoms with van der Waals surface area (Å²) in [5, 5.41) is 4.31. The molecule has 0 aliphatic carbocycles. The lowest BCUT2D eigenvalue weighted by atomic mass is 10.0. The molecule has 3 aromatic rings. The zero-order valence-electron chi connectivity index (χ0n) is 18.8. The second-order valence-corrected chi connectivity index (χ2v) is 9.54. The molecule has 0 fully saturated rings. The molecule has 30 heavy (non-hydrogen) atoms. The van der Waals surface area contributed by atoms with Gasteiger partial charge < -0.3 is 4.52 Å². The number of aryl methyl sites for hydroxylation is 2. The smallest absolute Gasteiger partial charge is 0.167 e. The van der Waals surface area contributed by atoms with Gasteiger partial charge in [0, 0.05) is 16.5 Å². The van der Waals surface area contributed by atoms with Crippen LogP contribution in [0.25, 0.3) is 21.9 Å². The van der Waals surface area contributed by atoms with Gasteiger partial charge in [0.2, 0.25) is 0 Å². The van der Waals surface area contributed by atoms with E-state index in [9.17, 15) is 0 Å². The molecular weight excluding hydrogens is 386 g/mol. The van der Waals surface area contributed by atoms with Crippen LogP contribution in [-0.2, 0) is 12.8 Å². The monoisotopic (exact) mass is 423 g/mol. The van der Waals surface area contributed by atoms with Gasteiger partial charge >= 0.3 is 0 Å². The summed E-state index contributed by atoms with van der Waals surface area (Å²) in [6, 6.07) is 15.3. The van der Waals surface area contributed by atoms with Gasteiger partial charge in [0.25, 0.3) is 0 Å². The summed E-state index contributed by atoms with van der Waals surface area (Å²) in [6.45, 7) is 4.51. The number of hydrogen-bond donors (Lipinski definition) is 0. The number of benzene rings is 1. The molecule has 3 rings (SSSR count). The molecule has 0 aliphatic heterocycles. The fourth-order valence-electron chi connectivity index (χ4n) is 3.83. The highest BCUT2D eigenvalue weighted by molar-refractivity contribution is 7.15. The minimum atomic E-state index is 0.854. The van der Waals surface area contributed by atoms with Crippen LogP contribution in [0, 0.1) is 0 Å². The van der Waals surface area contributed by atoms with E-state index in [-0.39, 0.29) is 0 Å². The minimum Gasteiger partial charge on any atom is -0.356 e. The van der Waals surface area contributed by atoms with Crippen LogP contribution in [0.2, 0.25) is 0 Å². The minimum absolute atomic E-state index is 0.854. The molecule has 0 spiro atoms. The van der Waals surface area contributed by atoms with Gasteiger partial charge in [-0.3, -0.25) is 0 Å². The average molecular weight is 424 g/mol. The normalized spacial score (nSPS) is 11.3. The Labute approximate surface area is 186 Å². The van der Waals surface area contributed by atoms with Crippen molar-refractivity contribution in [1.29, 1.82) is 0 Å². The molecule has 1 aromatic carbocycles. The van der Waals surface area contributed by atoms with Gasteiger partial charge in [-0.2, -0.15) is 0 Å². The molecule has 0 amide bonds. The molecule has 0 N–H and O–H groups in total. The summed E-state index contributed by atoms with van der Waals surface area (Å²) in [5.41, 5.74) is 3.47. The summed E-state index contributed by atoms with van der Waals surface area (Å²) in [4.78, 5) is 2.63. The Balaban J connectivity index is 1.45. The number of nitrogens with zero attached hydrogens (tertiary/aromatic N) is 1. The van der Waals surface area contributed by atoms with E-state index >= 15 is 0 Å². The molecule has 0 saturated heterocycles. The number of unbranched alkanes of at least 4 members (excludes halogenated alkanes) is 8. The van der Waals surface area contributed by atoms with Crippen LogP contribution in [0.1, 0.15) is 88.5 Å². The zero-order valence-corrected chi connectivity index (χ0v) is 19.6. The third-order valence-corrected chi connectivity index (χ3v) is 6.93. The van der Waals surface area contributed by atoms with E-state index in [0.717, 1.165) is 23.4 Å². The molecule has 0 unspecified atom stereocenters. The lowest BCUT2D eigenvalue weighted by Gasteiger charge is -2.03. The van der Waals surface area contributed by atoms with Crippen molar-refractivity contribution in [3.05, 3.63) is 52.9 Å². The highest BCUT2D eigenvalue weighted by Gasteiger charge is 2.11. The molecule has 2 aromatic heterocycles. The van der Waals surface area contributed by atoms with Crippen LogP contribution < -0.4 is 0 Å². The van der Waals surface area contributed by atoms with Crippen molar-refractivity contribution >= 4 is 11.3 Å². The van der Waals surface area contributed by atoms with Crippen LogP contribution >= 0.6 is 11.3 Å². The van der Waals surface area contributed by atoms with Crippen molar-refractivity contribution in [2.45, 2.75) is 90.9 Å². The highest BCUT2D eigenvalue weighted by atomic mass is 32.1. The van der Waals surface area contributed by atoms with Crippen molar-refractivity contribution in [3.8, 4) is 21.9 Å². The van der Waals surface area contributed by atoms with Crippen molar-refractivity contribution in [1.82, 2.24) is 5.16 Å². The maximum absolute atomic E-state index is 5.65. The Kier molecular flexibility index (Phi) is 9.69. The van der Waals surface area contributed by atoms with Crippen LogP contribution in [0.4, 0.5) is 0 Å². The fraction of sp³-hybridized carbons (Fsp3) is 0.519. The summed E-state index contributed by atoms with van der Waals surface area (Å²) < 4.78 is 5.65.